The Morgan fingerprint density at radius 2 is 2.04 bits per heavy atom. The molecule has 1 N–H and O–H groups in total. The highest BCUT2D eigenvalue weighted by Crippen LogP contribution is 2.31. The lowest BCUT2D eigenvalue weighted by atomic mass is 9.84. The van der Waals surface area contributed by atoms with Crippen LogP contribution in [0.2, 0.25) is 0 Å². The van der Waals surface area contributed by atoms with Crippen LogP contribution in [0.15, 0.2) is 66.0 Å². The molecule has 2 heterocycles. The van der Waals surface area contributed by atoms with E-state index in [1.165, 1.54) is 12.5 Å². The van der Waals surface area contributed by atoms with Crippen LogP contribution in [-0.4, -0.2) is 36.3 Å². The Morgan fingerprint density at radius 1 is 1.24 bits per heavy atom. The quantitative estimate of drug-likeness (QED) is 0.853. The summed E-state index contributed by atoms with van der Waals surface area (Å²) in [4.78, 5) is 27.0. The first kappa shape index (κ1) is 17.0. The Labute approximate surface area is 147 Å². The molecule has 0 saturated carbocycles. The third-order valence-electron chi connectivity index (χ3n) is 4.57. The minimum atomic E-state index is -0.241. The lowest BCUT2D eigenvalue weighted by Gasteiger charge is -2.37. The summed E-state index contributed by atoms with van der Waals surface area (Å²) in [7, 11) is 0. The van der Waals surface area contributed by atoms with E-state index in [0.717, 1.165) is 12.0 Å². The molecule has 25 heavy (non-hydrogen) atoms. The van der Waals surface area contributed by atoms with Gasteiger partial charge in [-0.05, 0) is 18.1 Å². The van der Waals surface area contributed by atoms with Gasteiger partial charge in [0.15, 0.2) is 0 Å². The second-order valence-corrected chi connectivity index (χ2v) is 6.30. The number of amides is 2. The summed E-state index contributed by atoms with van der Waals surface area (Å²) in [5.74, 6) is -0.249. The first-order valence-corrected chi connectivity index (χ1v) is 8.44. The van der Waals surface area contributed by atoms with Crippen LogP contribution in [0.4, 0.5) is 0 Å². The van der Waals surface area contributed by atoms with E-state index in [1.54, 1.807) is 17.0 Å². The fourth-order valence-corrected chi connectivity index (χ4v) is 3.31. The molecule has 2 atom stereocenters. The van der Waals surface area contributed by atoms with Gasteiger partial charge < -0.3 is 14.6 Å². The summed E-state index contributed by atoms with van der Waals surface area (Å²) in [5.41, 5.74) is 1.66. The van der Waals surface area contributed by atoms with Crippen molar-refractivity contribution in [3.05, 3.63) is 72.7 Å². The van der Waals surface area contributed by atoms with Crippen LogP contribution in [0, 0.1) is 5.92 Å². The first-order valence-electron chi connectivity index (χ1n) is 8.44. The van der Waals surface area contributed by atoms with Crippen molar-refractivity contribution in [1.82, 2.24) is 10.2 Å². The molecule has 1 aliphatic rings. The number of nitrogens with zero attached hydrogens (tertiary/aromatic N) is 1. The Kier molecular flexibility index (Phi) is 5.33. The zero-order valence-corrected chi connectivity index (χ0v) is 14.1. The predicted octanol–water partition coefficient (Wildman–Crippen LogP) is 2.83. The molecule has 1 saturated heterocycles. The van der Waals surface area contributed by atoms with E-state index >= 15 is 0 Å². The van der Waals surface area contributed by atoms with Crippen molar-refractivity contribution in [3.8, 4) is 0 Å². The number of likely N-dealkylation sites (tertiary alicyclic amines) is 1. The molecule has 0 bridgehead atoms. The van der Waals surface area contributed by atoms with Gasteiger partial charge in [-0.25, -0.2) is 0 Å². The highest BCUT2D eigenvalue weighted by molar-refractivity contribution is 5.94. The average Bonchev–Trinajstić information content (AvgIpc) is 3.20. The van der Waals surface area contributed by atoms with Gasteiger partial charge in [0.2, 0.25) is 5.91 Å². The largest absolute Gasteiger partial charge is 0.472 e. The van der Waals surface area contributed by atoms with Crippen molar-refractivity contribution in [2.45, 2.75) is 12.3 Å². The number of piperidine rings is 1. The molecule has 2 amide bonds. The van der Waals surface area contributed by atoms with Gasteiger partial charge in [-0.15, -0.1) is 6.58 Å². The number of carbonyl (C=O) groups is 2. The number of hydrogen-bond donors (Lipinski definition) is 1. The molecule has 0 aliphatic carbocycles. The minimum absolute atomic E-state index is 0.0366. The second-order valence-electron chi connectivity index (χ2n) is 6.30. The Bertz CT molecular complexity index is 725. The highest BCUT2D eigenvalue weighted by atomic mass is 16.3. The number of benzene rings is 1. The third kappa shape index (κ3) is 3.99. The van der Waals surface area contributed by atoms with Gasteiger partial charge in [0.05, 0.1) is 17.7 Å². The van der Waals surface area contributed by atoms with Crippen LogP contribution >= 0.6 is 0 Å². The van der Waals surface area contributed by atoms with Crippen molar-refractivity contribution in [1.29, 1.82) is 0 Å². The summed E-state index contributed by atoms with van der Waals surface area (Å²) < 4.78 is 5.03. The molecule has 130 valence electrons. The molecular formula is C20H22N2O3. The zero-order chi connectivity index (χ0) is 17.6. The predicted molar refractivity (Wildman–Crippen MR) is 95.1 cm³/mol. The van der Waals surface area contributed by atoms with Gasteiger partial charge in [-0.2, -0.15) is 0 Å². The molecule has 0 radical (unpaired) electrons. The van der Waals surface area contributed by atoms with Gasteiger partial charge in [0.25, 0.3) is 5.91 Å². The first-order chi connectivity index (χ1) is 12.2. The van der Waals surface area contributed by atoms with Crippen molar-refractivity contribution in [3.63, 3.8) is 0 Å². The van der Waals surface area contributed by atoms with Crippen LogP contribution in [0.1, 0.15) is 28.3 Å². The molecule has 0 spiro atoms. The fourth-order valence-electron chi connectivity index (χ4n) is 3.31. The maximum absolute atomic E-state index is 12.7. The van der Waals surface area contributed by atoms with Gasteiger partial charge in [-0.3, -0.25) is 9.59 Å². The van der Waals surface area contributed by atoms with Crippen molar-refractivity contribution < 1.29 is 14.0 Å². The van der Waals surface area contributed by atoms with E-state index < -0.39 is 0 Å². The number of rotatable bonds is 5. The summed E-state index contributed by atoms with van der Waals surface area (Å²) in [6.07, 6.45) is 5.31. The van der Waals surface area contributed by atoms with Crippen LogP contribution < -0.4 is 5.32 Å². The normalized spacial score (nSPS) is 20.1. The SMILES string of the molecule is C=CCNC(=O)C1CC(c2ccccc2)CN(C(=O)c2ccoc2)C1. The number of nitrogens with one attached hydrogen (secondary N) is 1. The van der Waals surface area contributed by atoms with Crippen molar-refractivity contribution >= 4 is 11.8 Å². The van der Waals surface area contributed by atoms with Crippen molar-refractivity contribution in [2.75, 3.05) is 19.6 Å². The zero-order valence-electron chi connectivity index (χ0n) is 14.1. The highest BCUT2D eigenvalue weighted by Gasteiger charge is 2.34. The lowest BCUT2D eigenvalue weighted by Crippen LogP contribution is -2.48. The van der Waals surface area contributed by atoms with E-state index in [0.29, 0.717) is 25.2 Å². The molecule has 2 aromatic rings. The molecule has 1 fully saturated rings. The third-order valence-corrected chi connectivity index (χ3v) is 4.57. The molecule has 1 aromatic carbocycles. The van der Waals surface area contributed by atoms with Crippen LogP contribution in [0.3, 0.4) is 0 Å². The fraction of sp³-hybridized carbons (Fsp3) is 0.300. The van der Waals surface area contributed by atoms with Gasteiger partial charge in [0.1, 0.15) is 6.26 Å². The van der Waals surface area contributed by atoms with E-state index in [4.69, 9.17) is 4.42 Å². The summed E-state index contributed by atoms with van der Waals surface area (Å²) >= 11 is 0. The molecule has 5 nitrogen and oxygen atoms in total. The molecule has 1 aromatic heterocycles. The number of carbonyl (C=O) groups excluding carboxylic acids is 2. The summed E-state index contributed by atoms with van der Waals surface area (Å²) in [5, 5.41) is 2.85. The lowest BCUT2D eigenvalue weighted by molar-refractivity contribution is -0.126. The topological polar surface area (TPSA) is 62.6 Å². The standard InChI is InChI=1S/C20H22N2O3/c1-2-9-21-19(23)18-11-17(15-6-4-3-5-7-15)12-22(13-18)20(24)16-8-10-25-14-16/h2-8,10,14,17-18H,1,9,11-13H2,(H,21,23). The Hall–Kier alpha value is -2.82. The van der Waals surface area contributed by atoms with E-state index in [9.17, 15) is 9.59 Å². The van der Waals surface area contributed by atoms with Gasteiger partial charge >= 0.3 is 0 Å². The van der Waals surface area contributed by atoms with E-state index in [2.05, 4.69) is 24.0 Å². The Morgan fingerprint density at radius 3 is 2.72 bits per heavy atom. The molecule has 2 unspecified atom stereocenters. The minimum Gasteiger partial charge on any atom is -0.472 e. The average molecular weight is 338 g/mol. The summed E-state index contributed by atoms with van der Waals surface area (Å²) in [6, 6.07) is 11.7. The molecule has 5 heteroatoms. The van der Waals surface area contributed by atoms with Gasteiger partial charge in [0, 0.05) is 25.6 Å². The van der Waals surface area contributed by atoms with Crippen molar-refractivity contribution in [2.24, 2.45) is 5.92 Å². The van der Waals surface area contributed by atoms with Crippen LogP contribution in [0.25, 0.3) is 0 Å². The van der Waals surface area contributed by atoms with E-state index in [1.807, 2.05) is 18.2 Å². The van der Waals surface area contributed by atoms with E-state index in [-0.39, 0.29) is 23.7 Å². The number of furan rings is 1. The number of hydrogen-bond acceptors (Lipinski definition) is 3. The molecule has 3 rings (SSSR count). The maximum Gasteiger partial charge on any atom is 0.257 e. The monoisotopic (exact) mass is 338 g/mol. The van der Waals surface area contributed by atoms with Crippen LogP contribution in [0.5, 0.6) is 0 Å². The molecular weight excluding hydrogens is 316 g/mol. The maximum atomic E-state index is 12.7. The van der Waals surface area contributed by atoms with Gasteiger partial charge in [-0.1, -0.05) is 36.4 Å². The smallest absolute Gasteiger partial charge is 0.257 e. The summed E-state index contributed by atoms with van der Waals surface area (Å²) in [6.45, 7) is 5.07. The Balaban J connectivity index is 1.81. The molecule has 1 aliphatic heterocycles. The second kappa shape index (κ2) is 7.83. The van der Waals surface area contributed by atoms with Crippen LogP contribution in [-0.2, 0) is 4.79 Å².